The van der Waals surface area contributed by atoms with Gasteiger partial charge >= 0.3 is 0 Å². The minimum atomic E-state index is -0.809. The quantitative estimate of drug-likeness (QED) is 0.873. The summed E-state index contributed by atoms with van der Waals surface area (Å²) in [6.07, 6.45) is 3.79. The van der Waals surface area contributed by atoms with Crippen molar-refractivity contribution in [2.24, 2.45) is 0 Å². The van der Waals surface area contributed by atoms with E-state index in [0.29, 0.717) is 12.1 Å². The molecule has 2 aliphatic heterocycles. The number of nitrogens with one attached hydrogen (secondary N) is 1. The number of hydrogen-bond donors (Lipinski definition) is 2. The fourth-order valence-electron chi connectivity index (χ4n) is 3.52. The number of hydrogen-bond acceptors (Lipinski definition) is 4. The molecule has 104 valence electrons. The van der Waals surface area contributed by atoms with E-state index < -0.39 is 5.60 Å². The molecule has 2 unspecified atom stereocenters. The van der Waals surface area contributed by atoms with E-state index >= 15 is 0 Å². The minimum absolute atomic E-state index is 0.416. The molecule has 1 aromatic carbocycles. The highest BCUT2D eigenvalue weighted by atomic mass is 16.5. The number of aliphatic hydroxyl groups is 1. The van der Waals surface area contributed by atoms with Crippen molar-refractivity contribution in [3.05, 3.63) is 23.8 Å². The van der Waals surface area contributed by atoms with Crippen molar-refractivity contribution in [2.75, 3.05) is 14.2 Å². The summed E-state index contributed by atoms with van der Waals surface area (Å²) in [4.78, 5) is 0. The molecular weight excluding hydrogens is 242 g/mol. The molecule has 2 saturated heterocycles. The van der Waals surface area contributed by atoms with Crippen LogP contribution in [0, 0.1) is 0 Å². The number of ether oxygens (including phenoxy) is 2. The second-order valence-corrected chi connectivity index (χ2v) is 5.64. The van der Waals surface area contributed by atoms with Gasteiger partial charge in [-0.2, -0.15) is 0 Å². The first-order valence-corrected chi connectivity index (χ1v) is 6.85. The molecule has 0 saturated carbocycles. The van der Waals surface area contributed by atoms with Crippen LogP contribution in [0.1, 0.15) is 31.2 Å². The van der Waals surface area contributed by atoms with Crippen LogP contribution >= 0.6 is 0 Å². The molecule has 2 N–H and O–H groups in total. The fourth-order valence-corrected chi connectivity index (χ4v) is 3.52. The maximum Gasteiger partial charge on any atom is 0.125 e. The average molecular weight is 263 g/mol. The van der Waals surface area contributed by atoms with Gasteiger partial charge in [0.2, 0.25) is 0 Å². The van der Waals surface area contributed by atoms with Crippen LogP contribution in [-0.4, -0.2) is 31.4 Å². The lowest BCUT2D eigenvalue weighted by molar-refractivity contribution is -0.0134. The monoisotopic (exact) mass is 263 g/mol. The lowest BCUT2D eigenvalue weighted by atomic mass is 9.81. The van der Waals surface area contributed by atoms with Gasteiger partial charge < -0.3 is 19.9 Å². The van der Waals surface area contributed by atoms with E-state index in [1.165, 1.54) is 0 Å². The predicted octanol–water partition coefficient (Wildman–Crippen LogP) is 1.81. The Morgan fingerprint density at radius 1 is 1.16 bits per heavy atom. The summed E-state index contributed by atoms with van der Waals surface area (Å²) in [5.41, 5.74) is 0.0458. The van der Waals surface area contributed by atoms with Gasteiger partial charge in [-0.15, -0.1) is 0 Å². The Balaban J connectivity index is 1.99. The van der Waals surface area contributed by atoms with Crippen LogP contribution in [0.25, 0.3) is 0 Å². The van der Waals surface area contributed by atoms with Crippen molar-refractivity contribution < 1.29 is 14.6 Å². The van der Waals surface area contributed by atoms with Gasteiger partial charge in [-0.25, -0.2) is 0 Å². The Kier molecular flexibility index (Phi) is 3.15. The molecule has 3 rings (SSSR count). The van der Waals surface area contributed by atoms with E-state index in [1.807, 2.05) is 18.2 Å². The summed E-state index contributed by atoms with van der Waals surface area (Å²) >= 11 is 0. The van der Waals surface area contributed by atoms with Gasteiger partial charge in [0.25, 0.3) is 0 Å². The van der Waals surface area contributed by atoms with Gasteiger partial charge in [0.15, 0.2) is 0 Å². The van der Waals surface area contributed by atoms with Crippen LogP contribution in [0.2, 0.25) is 0 Å². The Bertz CT molecular complexity index is 462. The molecular formula is C15H21NO3. The highest BCUT2D eigenvalue weighted by Gasteiger charge is 2.44. The van der Waals surface area contributed by atoms with Crippen molar-refractivity contribution in [2.45, 2.75) is 43.4 Å². The second-order valence-electron chi connectivity index (χ2n) is 5.64. The van der Waals surface area contributed by atoms with Crippen LogP contribution in [0.3, 0.4) is 0 Å². The summed E-state index contributed by atoms with van der Waals surface area (Å²) in [6, 6.07) is 6.47. The summed E-state index contributed by atoms with van der Waals surface area (Å²) in [7, 11) is 3.28. The molecule has 0 radical (unpaired) electrons. The largest absolute Gasteiger partial charge is 0.497 e. The molecule has 2 bridgehead atoms. The van der Waals surface area contributed by atoms with Crippen LogP contribution in [-0.2, 0) is 5.60 Å². The van der Waals surface area contributed by atoms with Crippen LogP contribution in [0.5, 0.6) is 11.5 Å². The van der Waals surface area contributed by atoms with E-state index in [2.05, 4.69) is 5.32 Å². The van der Waals surface area contributed by atoms with E-state index in [9.17, 15) is 5.11 Å². The lowest BCUT2D eigenvalue weighted by Crippen LogP contribution is -2.46. The molecule has 2 heterocycles. The highest BCUT2D eigenvalue weighted by Crippen LogP contribution is 2.44. The molecule has 0 spiro atoms. The summed E-state index contributed by atoms with van der Waals surface area (Å²) in [5.74, 6) is 1.50. The normalized spacial score (nSPS) is 33.2. The minimum Gasteiger partial charge on any atom is -0.497 e. The summed E-state index contributed by atoms with van der Waals surface area (Å²) in [5, 5.41) is 14.6. The van der Waals surface area contributed by atoms with Crippen molar-refractivity contribution in [1.82, 2.24) is 5.32 Å². The first-order chi connectivity index (χ1) is 9.14. The first kappa shape index (κ1) is 12.8. The molecule has 19 heavy (non-hydrogen) atoms. The van der Waals surface area contributed by atoms with Gasteiger partial charge in [0, 0.05) is 17.6 Å². The Labute approximate surface area is 113 Å². The van der Waals surface area contributed by atoms with E-state index in [-0.39, 0.29) is 0 Å². The average Bonchev–Trinajstić information content (AvgIpc) is 2.77. The molecule has 2 aliphatic rings. The number of fused-ring (bicyclic) bond motifs is 2. The maximum absolute atomic E-state index is 11.1. The molecule has 2 fully saturated rings. The third-order valence-electron chi connectivity index (χ3n) is 4.41. The molecule has 0 aromatic heterocycles. The molecule has 0 aliphatic carbocycles. The van der Waals surface area contributed by atoms with Crippen molar-refractivity contribution in [3.63, 3.8) is 0 Å². The van der Waals surface area contributed by atoms with Gasteiger partial charge in [-0.3, -0.25) is 0 Å². The zero-order valence-electron chi connectivity index (χ0n) is 11.5. The van der Waals surface area contributed by atoms with Gasteiger partial charge in [0.1, 0.15) is 11.5 Å². The van der Waals surface area contributed by atoms with E-state index in [0.717, 1.165) is 42.7 Å². The predicted molar refractivity (Wildman–Crippen MR) is 72.6 cm³/mol. The van der Waals surface area contributed by atoms with Crippen LogP contribution in [0.15, 0.2) is 18.2 Å². The summed E-state index contributed by atoms with van der Waals surface area (Å²) in [6.45, 7) is 0. The van der Waals surface area contributed by atoms with Gasteiger partial charge in [-0.1, -0.05) is 0 Å². The fraction of sp³-hybridized carbons (Fsp3) is 0.600. The SMILES string of the molecule is COc1ccc(OC)c(C2(O)CC3CCC(C2)N3)c1. The van der Waals surface area contributed by atoms with Gasteiger partial charge in [0.05, 0.1) is 19.8 Å². The zero-order chi connectivity index (χ0) is 13.5. The van der Waals surface area contributed by atoms with Crippen LogP contribution < -0.4 is 14.8 Å². The van der Waals surface area contributed by atoms with Crippen molar-refractivity contribution in [3.8, 4) is 11.5 Å². The number of benzene rings is 1. The van der Waals surface area contributed by atoms with Crippen LogP contribution in [0.4, 0.5) is 0 Å². The highest BCUT2D eigenvalue weighted by molar-refractivity contribution is 5.44. The smallest absolute Gasteiger partial charge is 0.125 e. The van der Waals surface area contributed by atoms with Crippen molar-refractivity contribution >= 4 is 0 Å². The van der Waals surface area contributed by atoms with E-state index in [4.69, 9.17) is 9.47 Å². The molecule has 0 amide bonds. The Morgan fingerprint density at radius 2 is 1.84 bits per heavy atom. The Hall–Kier alpha value is -1.26. The Morgan fingerprint density at radius 3 is 2.42 bits per heavy atom. The zero-order valence-corrected chi connectivity index (χ0v) is 11.5. The topological polar surface area (TPSA) is 50.7 Å². The second kappa shape index (κ2) is 4.69. The number of methoxy groups -OCH3 is 2. The molecule has 4 nitrogen and oxygen atoms in total. The molecule has 4 heteroatoms. The maximum atomic E-state index is 11.1. The van der Waals surface area contributed by atoms with E-state index in [1.54, 1.807) is 14.2 Å². The standard InChI is InChI=1S/C15H21NO3/c1-18-12-5-6-14(19-2)13(7-12)15(17)8-10-3-4-11(9-15)16-10/h5-7,10-11,16-17H,3-4,8-9H2,1-2H3. The number of piperidine rings is 1. The van der Waals surface area contributed by atoms with Crippen molar-refractivity contribution in [1.29, 1.82) is 0 Å². The summed E-state index contributed by atoms with van der Waals surface area (Å²) < 4.78 is 10.7. The number of rotatable bonds is 3. The first-order valence-electron chi connectivity index (χ1n) is 6.85. The molecule has 1 aromatic rings. The van der Waals surface area contributed by atoms with Gasteiger partial charge in [-0.05, 0) is 43.9 Å². The third kappa shape index (κ3) is 2.19. The molecule has 2 atom stereocenters. The lowest BCUT2D eigenvalue weighted by Gasteiger charge is -2.38. The third-order valence-corrected chi connectivity index (χ3v) is 4.41.